The lowest BCUT2D eigenvalue weighted by molar-refractivity contribution is 0.100. The van der Waals surface area contributed by atoms with Gasteiger partial charge in [0, 0.05) is 31.2 Å². The Kier molecular flexibility index (Phi) is 6.70. The van der Waals surface area contributed by atoms with Crippen LogP contribution in [-0.2, 0) is 16.6 Å². The van der Waals surface area contributed by atoms with Gasteiger partial charge in [-0.05, 0) is 92.1 Å². The number of amides is 1. The van der Waals surface area contributed by atoms with E-state index in [1.165, 1.54) is 18.4 Å². The number of piperidine rings is 1. The zero-order valence-corrected chi connectivity index (χ0v) is 21.1. The summed E-state index contributed by atoms with van der Waals surface area (Å²) in [6.07, 6.45) is 6.01. The van der Waals surface area contributed by atoms with Gasteiger partial charge in [0.2, 0.25) is 10.0 Å². The van der Waals surface area contributed by atoms with Crippen molar-refractivity contribution in [3.8, 4) is 11.1 Å². The number of nitrogens with two attached hydrogens (primary N) is 1. The molecular formula is C27H34N4O3S. The summed E-state index contributed by atoms with van der Waals surface area (Å²) in [5.74, 6) is -0.0979. The highest BCUT2D eigenvalue weighted by Gasteiger charge is 2.29. The predicted octanol–water partition coefficient (Wildman–Crippen LogP) is 4.06. The quantitative estimate of drug-likeness (QED) is 0.517. The Bertz CT molecular complexity index is 1330. The SMILES string of the molecule is CCS(=O)(=O)N1CCC(c2c[nH]c3c(C(N)=O)cc(-c4cccc(CN5CCCC5)c4)cc23)CC1. The van der Waals surface area contributed by atoms with Crippen LogP contribution in [-0.4, -0.2) is 60.4 Å². The number of carbonyl (C=O) groups is 1. The summed E-state index contributed by atoms with van der Waals surface area (Å²) in [6.45, 7) is 5.96. The van der Waals surface area contributed by atoms with E-state index in [2.05, 4.69) is 40.2 Å². The first-order valence-corrected chi connectivity index (χ1v) is 14.2. The number of aromatic amines is 1. The fraction of sp³-hybridized carbons (Fsp3) is 0.444. The number of rotatable bonds is 7. The average molecular weight is 495 g/mol. The molecule has 0 saturated carbocycles. The van der Waals surface area contributed by atoms with Crippen LogP contribution in [0.15, 0.2) is 42.6 Å². The minimum absolute atomic E-state index is 0.132. The van der Waals surface area contributed by atoms with Crippen LogP contribution in [0.5, 0.6) is 0 Å². The predicted molar refractivity (Wildman–Crippen MR) is 140 cm³/mol. The molecule has 0 radical (unpaired) electrons. The number of nitrogens with one attached hydrogen (secondary N) is 1. The van der Waals surface area contributed by atoms with Crippen LogP contribution in [0, 0.1) is 0 Å². The van der Waals surface area contributed by atoms with Crippen LogP contribution in [0.1, 0.15) is 60.0 Å². The Morgan fingerprint density at radius 3 is 2.49 bits per heavy atom. The van der Waals surface area contributed by atoms with Gasteiger partial charge in [-0.15, -0.1) is 0 Å². The summed E-state index contributed by atoms with van der Waals surface area (Å²) in [5.41, 5.74) is 11.5. The van der Waals surface area contributed by atoms with Crippen molar-refractivity contribution in [1.29, 1.82) is 0 Å². The highest BCUT2D eigenvalue weighted by molar-refractivity contribution is 7.89. The van der Waals surface area contributed by atoms with Gasteiger partial charge >= 0.3 is 0 Å². The van der Waals surface area contributed by atoms with Gasteiger partial charge in [-0.25, -0.2) is 12.7 Å². The molecule has 0 bridgehead atoms. The molecule has 8 heteroatoms. The van der Waals surface area contributed by atoms with Crippen molar-refractivity contribution in [2.45, 2.75) is 45.1 Å². The molecule has 5 rings (SSSR count). The van der Waals surface area contributed by atoms with Gasteiger partial charge in [-0.3, -0.25) is 9.69 Å². The van der Waals surface area contributed by atoms with Crippen LogP contribution in [0.4, 0.5) is 0 Å². The first-order valence-electron chi connectivity index (χ1n) is 12.6. The average Bonchev–Trinajstić information content (AvgIpc) is 3.53. The van der Waals surface area contributed by atoms with E-state index >= 15 is 0 Å². The number of benzene rings is 2. The molecule has 1 aromatic heterocycles. The van der Waals surface area contributed by atoms with Gasteiger partial charge in [0.1, 0.15) is 0 Å². The minimum atomic E-state index is -3.17. The second-order valence-corrected chi connectivity index (χ2v) is 12.1. The lowest BCUT2D eigenvalue weighted by atomic mass is 9.88. The van der Waals surface area contributed by atoms with Crippen molar-refractivity contribution in [2.75, 3.05) is 31.9 Å². The third kappa shape index (κ3) is 4.87. The van der Waals surface area contributed by atoms with Crippen LogP contribution < -0.4 is 5.73 Å². The van der Waals surface area contributed by atoms with Gasteiger partial charge in [0.15, 0.2) is 0 Å². The van der Waals surface area contributed by atoms with Crippen molar-refractivity contribution in [2.24, 2.45) is 5.73 Å². The largest absolute Gasteiger partial charge is 0.366 e. The highest BCUT2D eigenvalue weighted by Crippen LogP contribution is 2.37. The zero-order valence-electron chi connectivity index (χ0n) is 20.3. The molecule has 0 atom stereocenters. The van der Waals surface area contributed by atoms with Crippen LogP contribution >= 0.6 is 0 Å². The maximum Gasteiger partial charge on any atom is 0.250 e. The van der Waals surface area contributed by atoms with Crippen LogP contribution in [0.2, 0.25) is 0 Å². The fourth-order valence-electron chi connectivity index (χ4n) is 5.63. The number of hydrogen-bond acceptors (Lipinski definition) is 4. The standard InChI is InChI=1S/C27H34N4O3S/c1-2-35(33,34)31-12-8-20(9-13-31)25-17-29-26-23(25)15-22(16-24(26)27(28)32)21-7-5-6-19(14-21)18-30-10-3-4-11-30/h5-7,14-17,20,29H,2-4,8-13,18H2,1H3,(H2,28,32). The molecule has 2 aliphatic rings. The van der Waals surface area contributed by atoms with E-state index in [1.54, 1.807) is 11.2 Å². The normalized spacial score (nSPS) is 18.4. The lowest BCUT2D eigenvalue weighted by Crippen LogP contribution is -2.38. The third-order valence-electron chi connectivity index (χ3n) is 7.60. The molecule has 2 saturated heterocycles. The maximum absolute atomic E-state index is 12.4. The van der Waals surface area contributed by atoms with E-state index in [1.807, 2.05) is 12.3 Å². The van der Waals surface area contributed by atoms with E-state index in [0.717, 1.165) is 60.1 Å². The number of H-pyrrole nitrogens is 1. The van der Waals surface area contributed by atoms with Gasteiger partial charge in [0.25, 0.3) is 5.91 Å². The van der Waals surface area contributed by atoms with Crippen LogP contribution in [0.3, 0.4) is 0 Å². The molecule has 0 spiro atoms. The van der Waals surface area contributed by atoms with Gasteiger partial charge in [-0.1, -0.05) is 18.2 Å². The van der Waals surface area contributed by atoms with E-state index < -0.39 is 15.9 Å². The second-order valence-electron chi connectivity index (χ2n) is 9.81. The first kappa shape index (κ1) is 24.0. The number of carbonyl (C=O) groups excluding carboxylic acids is 1. The maximum atomic E-state index is 12.4. The summed E-state index contributed by atoms with van der Waals surface area (Å²) >= 11 is 0. The topological polar surface area (TPSA) is 99.5 Å². The number of hydrogen-bond donors (Lipinski definition) is 2. The van der Waals surface area contributed by atoms with Gasteiger partial charge < -0.3 is 10.7 Å². The summed E-state index contributed by atoms with van der Waals surface area (Å²) < 4.78 is 26.2. The lowest BCUT2D eigenvalue weighted by Gasteiger charge is -2.31. The van der Waals surface area contributed by atoms with Gasteiger partial charge in [0.05, 0.1) is 16.8 Å². The Morgan fingerprint density at radius 1 is 1.06 bits per heavy atom. The van der Waals surface area contributed by atoms with Crippen molar-refractivity contribution in [3.63, 3.8) is 0 Å². The highest BCUT2D eigenvalue weighted by atomic mass is 32.2. The number of likely N-dealkylation sites (tertiary alicyclic amines) is 1. The van der Waals surface area contributed by atoms with Crippen molar-refractivity contribution >= 4 is 26.8 Å². The molecular weight excluding hydrogens is 460 g/mol. The minimum Gasteiger partial charge on any atom is -0.366 e. The van der Waals surface area contributed by atoms with Crippen molar-refractivity contribution in [1.82, 2.24) is 14.2 Å². The Hall–Kier alpha value is -2.68. The third-order valence-corrected chi connectivity index (χ3v) is 9.49. The van der Waals surface area contributed by atoms with Crippen molar-refractivity contribution < 1.29 is 13.2 Å². The fourth-order valence-corrected chi connectivity index (χ4v) is 6.76. The molecule has 2 fully saturated rings. The molecule has 3 heterocycles. The molecule has 1 amide bonds. The number of aromatic nitrogens is 1. The summed E-state index contributed by atoms with van der Waals surface area (Å²) in [4.78, 5) is 18.2. The Morgan fingerprint density at radius 2 is 1.80 bits per heavy atom. The van der Waals surface area contributed by atoms with Gasteiger partial charge in [-0.2, -0.15) is 0 Å². The van der Waals surface area contributed by atoms with Crippen molar-refractivity contribution in [3.05, 3.63) is 59.3 Å². The molecule has 3 N–H and O–H groups in total. The summed E-state index contributed by atoms with van der Waals surface area (Å²) in [7, 11) is -3.17. The Balaban J connectivity index is 1.48. The Labute approximate surface area is 207 Å². The van der Waals surface area contributed by atoms with E-state index in [-0.39, 0.29) is 11.7 Å². The molecule has 35 heavy (non-hydrogen) atoms. The number of sulfonamides is 1. The molecule has 7 nitrogen and oxygen atoms in total. The summed E-state index contributed by atoms with van der Waals surface area (Å²) in [6, 6.07) is 12.6. The van der Waals surface area contributed by atoms with E-state index in [0.29, 0.717) is 18.7 Å². The number of nitrogens with zero attached hydrogens (tertiary/aromatic N) is 2. The molecule has 0 aliphatic carbocycles. The smallest absolute Gasteiger partial charge is 0.250 e. The molecule has 186 valence electrons. The summed E-state index contributed by atoms with van der Waals surface area (Å²) in [5, 5.41) is 0.998. The first-order chi connectivity index (χ1) is 16.9. The molecule has 3 aromatic rings. The number of fused-ring (bicyclic) bond motifs is 1. The van der Waals surface area contributed by atoms with E-state index in [4.69, 9.17) is 5.73 Å². The second kappa shape index (κ2) is 9.76. The number of primary amides is 1. The van der Waals surface area contributed by atoms with E-state index in [9.17, 15) is 13.2 Å². The molecule has 2 aliphatic heterocycles. The molecule has 2 aromatic carbocycles. The van der Waals surface area contributed by atoms with Crippen LogP contribution in [0.25, 0.3) is 22.0 Å². The monoisotopic (exact) mass is 494 g/mol. The molecule has 0 unspecified atom stereocenters. The zero-order chi connectivity index (χ0) is 24.6.